The summed E-state index contributed by atoms with van der Waals surface area (Å²) in [4.78, 5) is 22.8. The smallest absolute Gasteiger partial charge is 0.334 e. The van der Waals surface area contributed by atoms with Crippen molar-refractivity contribution in [3.63, 3.8) is 0 Å². The number of benzene rings is 1. The van der Waals surface area contributed by atoms with Gasteiger partial charge in [0.1, 0.15) is 0 Å². The molecule has 11 heteroatoms. The molecule has 0 aliphatic rings. The van der Waals surface area contributed by atoms with E-state index < -0.39 is 36.4 Å². The monoisotopic (exact) mass is 371 g/mol. The zero-order chi connectivity index (χ0) is 19.3. The Morgan fingerprint density at radius 2 is 1.44 bits per heavy atom. The van der Waals surface area contributed by atoms with Gasteiger partial charge in [0.05, 0.1) is 0 Å². The molecule has 0 atom stereocenters. The Labute approximate surface area is 138 Å². The quantitative estimate of drug-likeness (QED) is 0.550. The number of urea groups is 1. The fraction of sp³-hybridized carbons (Fsp3) is 0.429. The van der Waals surface area contributed by atoms with Crippen LogP contribution in [0.2, 0.25) is 0 Å². The summed E-state index contributed by atoms with van der Waals surface area (Å²) in [7, 11) is 0. The van der Waals surface area contributed by atoms with Crippen LogP contribution in [0.1, 0.15) is 18.9 Å². The van der Waals surface area contributed by atoms with Crippen molar-refractivity contribution in [3.05, 3.63) is 35.9 Å². The molecule has 0 fully saturated rings. The van der Waals surface area contributed by atoms with Crippen LogP contribution >= 0.6 is 0 Å². The number of alkyl halides is 6. The molecule has 0 saturated heterocycles. The minimum atomic E-state index is -6.01. The van der Waals surface area contributed by atoms with Crippen LogP contribution in [0.3, 0.4) is 0 Å². The minimum absolute atomic E-state index is 0.305. The van der Waals surface area contributed by atoms with Crippen molar-refractivity contribution >= 4 is 11.9 Å². The molecule has 3 N–H and O–H groups in total. The van der Waals surface area contributed by atoms with Gasteiger partial charge in [0.2, 0.25) is 5.91 Å². The first-order chi connectivity index (χ1) is 11.4. The van der Waals surface area contributed by atoms with Gasteiger partial charge in [-0.2, -0.15) is 26.3 Å². The van der Waals surface area contributed by atoms with E-state index in [-0.39, 0.29) is 6.54 Å². The molecule has 5 nitrogen and oxygen atoms in total. The zero-order valence-corrected chi connectivity index (χ0v) is 12.9. The Hall–Kier alpha value is -2.46. The van der Waals surface area contributed by atoms with Gasteiger partial charge in [-0.25, -0.2) is 4.79 Å². The normalized spacial score (nSPS) is 12.4. The Morgan fingerprint density at radius 3 is 1.88 bits per heavy atom. The largest absolute Gasteiger partial charge is 0.439 e. The van der Waals surface area contributed by atoms with Gasteiger partial charge in [-0.15, -0.1) is 0 Å². The molecule has 0 spiro atoms. The molecule has 1 aromatic carbocycles. The summed E-state index contributed by atoms with van der Waals surface area (Å²) in [5, 5.41) is 3.53. The van der Waals surface area contributed by atoms with E-state index in [0.29, 0.717) is 5.56 Å². The number of rotatable bonds is 5. The maximum absolute atomic E-state index is 13.1. The number of carbonyl (C=O) groups excluding carboxylic acids is 2. The molecule has 0 saturated carbocycles. The standard InChI is InChI=1S/C14H15F6N3O2/c1-2-10(24)22-12(13(15,16)17,14(18,19)20)23-11(25)21-8-9-6-4-3-5-7-9/h3-7H,2,8H2,1H3,(H,22,24)(H2,21,23,25). The fourth-order valence-corrected chi connectivity index (χ4v) is 1.77. The number of hydrogen-bond donors (Lipinski definition) is 3. The molecule has 0 heterocycles. The highest BCUT2D eigenvalue weighted by Gasteiger charge is 2.73. The summed E-state index contributed by atoms with van der Waals surface area (Å²) in [6.07, 6.45) is -12.7. The molecular formula is C14H15F6N3O2. The number of amides is 3. The molecular weight excluding hydrogens is 356 g/mol. The number of nitrogens with one attached hydrogen (secondary N) is 3. The van der Waals surface area contributed by atoms with Gasteiger partial charge in [0.25, 0.3) is 0 Å². The average Bonchev–Trinajstić information content (AvgIpc) is 2.51. The maximum atomic E-state index is 13.1. The second-order valence-corrected chi connectivity index (χ2v) is 4.94. The molecule has 140 valence electrons. The molecule has 0 unspecified atom stereocenters. The molecule has 0 aromatic heterocycles. The van der Waals surface area contributed by atoms with Crippen LogP contribution in [0, 0.1) is 0 Å². The van der Waals surface area contributed by atoms with Crippen molar-refractivity contribution in [2.45, 2.75) is 37.9 Å². The second-order valence-electron chi connectivity index (χ2n) is 4.94. The Morgan fingerprint density at radius 1 is 0.920 bits per heavy atom. The number of halogens is 6. The first-order valence-corrected chi connectivity index (χ1v) is 6.97. The van der Waals surface area contributed by atoms with Gasteiger partial charge in [-0.1, -0.05) is 37.3 Å². The number of carbonyl (C=O) groups is 2. The van der Waals surface area contributed by atoms with Gasteiger partial charge < -0.3 is 10.6 Å². The van der Waals surface area contributed by atoms with E-state index in [0.717, 1.165) is 17.6 Å². The van der Waals surface area contributed by atoms with E-state index in [2.05, 4.69) is 0 Å². The van der Waals surface area contributed by atoms with Gasteiger partial charge in [0, 0.05) is 13.0 Å². The van der Waals surface area contributed by atoms with Crippen LogP contribution in [-0.2, 0) is 11.3 Å². The third-order valence-corrected chi connectivity index (χ3v) is 3.10. The third kappa shape index (κ3) is 5.00. The average molecular weight is 371 g/mol. The van der Waals surface area contributed by atoms with E-state index in [1.54, 1.807) is 18.2 Å². The highest BCUT2D eigenvalue weighted by molar-refractivity contribution is 5.79. The van der Waals surface area contributed by atoms with Crippen molar-refractivity contribution < 1.29 is 35.9 Å². The Kier molecular flexibility index (Phi) is 6.27. The van der Waals surface area contributed by atoms with E-state index >= 15 is 0 Å². The highest BCUT2D eigenvalue weighted by Crippen LogP contribution is 2.41. The molecule has 0 bridgehead atoms. The van der Waals surface area contributed by atoms with E-state index in [1.165, 1.54) is 12.1 Å². The van der Waals surface area contributed by atoms with Crippen LogP contribution in [0.5, 0.6) is 0 Å². The van der Waals surface area contributed by atoms with E-state index in [9.17, 15) is 35.9 Å². The lowest BCUT2D eigenvalue weighted by Crippen LogP contribution is -2.77. The summed E-state index contributed by atoms with van der Waals surface area (Å²) < 4.78 is 78.7. The lowest BCUT2D eigenvalue weighted by molar-refractivity contribution is -0.312. The van der Waals surface area contributed by atoms with Crippen molar-refractivity contribution in [3.8, 4) is 0 Å². The molecule has 3 amide bonds. The topological polar surface area (TPSA) is 70.2 Å². The number of hydrogen-bond acceptors (Lipinski definition) is 2. The zero-order valence-electron chi connectivity index (χ0n) is 12.9. The van der Waals surface area contributed by atoms with Crippen molar-refractivity contribution in [2.24, 2.45) is 0 Å². The van der Waals surface area contributed by atoms with Crippen LogP contribution in [0.25, 0.3) is 0 Å². The second kappa shape index (κ2) is 7.62. The summed E-state index contributed by atoms with van der Waals surface area (Å²) in [5.74, 6) is -1.53. The van der Waals surface area contributed by atoms with Crippen LogP contribution < -0.4 is 16.0 Å². The van der Waals surface area contributed by atoms with E-state index in [1.807, 2.05) is 5.32 Å². The Bertz CT molecular complexity index is 587. The summed E-state index contributed by atoms with van der Waals surface area (Å²) in [5.41, 5.74) is -4.44. The minimum Gasteiger partial charge on any atom is -0.334 e. The van der Waals surface area contributed by atoms with Crippen molar-refractivity contribution in [2.75, 3.05) is 0 Å². The van der Waals surface area contributed by atoms with Crippen molar-refractivity contribution in [1.29, 1.82) is 0 Å². The van der Waals surface area contributed by atoms with Crippen LogP contribution in [0.15, 0.2) is 30.3 Å². The molecule has 0 aliphatic carbocycles. The molecule has 1 rings (SSSR count). The van der Waals surface area contributed by atoms with Gasteiger partial charge in [-0.3, -0.25) is 10.1 Å². The molecule has 1 aromatic rings. The SMILES string of the molecule is CCC(=O)NC(NC(=O)NCc1ccccc1)(C(F)(F)F)C(F)(F)F. The first kappa shape index (κ1) is 20.6. The van der Waals surface area contributed by atoms with Gasteiger partial charge >= 0.3 is 24.0 Å². The first-order valence-electron chi connectivity index (χ1n) is 6.97. The molecule has 0 radical (unpaired) electrons. The predicted molar refractivity (Wildman–Crippen MR) is 75.1 cm³/mol. The predicted octanol–water partition coefficient (Wildman–Crippen LogP) is 2.83. The van der Waals surface area contributed by atoms with Gasteiger partial charge in [-0.05, 0) is 5.56 Å². The fourth-order valence-electron chi connectivity index (χ4n) is 1.77. The summed E-state index contributed by atoms with van der Waals surface area (Å²) in [6, 6.07) is 6.08. The highest BCUT2D eigenvalue weighted by atomic mass is 19.4. The molecule has 25 heavy (non-hydrogen) atoms. The van der Waals surface area contributed by atoms with Crippen LogP contribution in [0.4, 0.5) is 31.1 Å². The van der Waals surface area contributed by atoms with Crippen molar-refractivity contribution in [1.82, 2.24) is 16.0 Å². The Balaban J connectivity index is 3.02. The lowest BCUT2D eigenvalue weighted by Gasteiger charge is -2.38. The van der Waals surface area contributed by atoms with E-state index in [4.69, 9.17) is 0 Å². The summed E-state index contributed by atoms with van der Waals surface area (Å²) >= 11 is 0. The maximum Gasteiger partial charge on any atom is 0.439 e. The van der Waals surface area contributed by atoms with Crippen LogP contribution in [-0.4, -0.2) is 30.0 Å². The van der Waals surface area contributed by atoms with Gasteiger partial charge in [0.15, 0.2) is 0 Å². The molecule has 0 aliphatic heterocycles. The summed E-state index contributed by atoms with van der Waals surface area (Å²) in [6.45, 7) is 0.766. The third-order valence-electron chi connectivity index (χ3n) is 3.10. The lowest BCUT2D eigenvalue weighted by atomic mass is 10.1.